The second-order valence-corrected chi connectivity index (χ2v) is 18.6. The monoisotopic (exact) mass is 879 g/mol. The molecule has 3 nitrogen and oxygen atoms in total. The number of para-hydroxylation sites is 5. The van der Waals surface area contributed by atoms with Gasteiger partial charge in [0.15, 0.2) is 0 Å². The summed E-state index contributed by atoms with van der Waals surface area (Å²) in [5.74, 6) is 3.54. The Morgan fingerprint density at radius 2 is 0.652 bits per heavy atom. The number of hydrogen-bond acceptors (Lipinski definition) is 3. The first-order valence-corrected chi connectivity index (χ1v) is 23.8. The summed E-state index contributed by atoms with van der Waals surface area (Å²) in [6.45, 7) is 0. The van der Waals surface area contributed by atoms with E-state index in [1.54, 1.807) is 0 Å². The molecule has 0 saturated heterocycles. The lowest BCUT2D eigenvalue weighted by Gasteiger charge is -2.39. The maximum Gasteiger partial charge on any atom is 0.132 e. The van der Waals surface area contributed by atoms with Crippen molar-refractivity contribution in [1.29, 1.82) is 0 Å². The Kier molecular flexibility index (Phi) is 7.92. The van der Waals surface area contributed by atoms with Crippen LogP contribution in [0.4, 0.5) is 17.1 Å². The Hall–Kier alpha value is -8.92. The highest BCUT2D eigenvalue weighted by Crippen LogP contribution is 2.66. The first-order chi connectivity index (χ1) is 34.3. The molecule has 11 aromatic carbocycles. The molecule has 0 amide bonds. The lowest BCUT2D eigenvalue weighted by atomic mass is 9.66. The summed E-state index contributed by atoms with van der Waals surface area (Å²) in [7, 11) is 0. The van der Waals surface area contributed by atoms with Gasteiger partial charge in [-0.15, -0.1) is 0 Å². The predicted octanol–water partition coefficient (Wildman–Crippen LogP) is 16.9. The van der Waals surface area contributed by atoms with Gasteiger partial charge in [0, 0.05) is 38.8 Å². The van der Waals surface area contributed by atoms with Crippen molar-refractivity contribution in [3.05, 3.63) is 293 Å². The van der Waals surface area contributed by atoms with Gasteiger partial charge < -0.3 is 14.4 Å². The molecule has 2 aliphatic heterocycles. The quantitative estimate of drug-likeness (QED) is 0.176. The molecule has 2 aliphatic carbocycles. The summed E-state index contributed by atoms with van der Waals surface area (Å²) in [6.07, 6.45) is 0. The van der Waals surface area contributed by atoms with E-state index in [0.717, 1.165) is 73.4 Å². The summed E-state index contributed by atoms with van der Waals surface area (Å²) in [6, 6.07) is 90.9. The Bertz CT molecular complexity index is 3850. The summed E-state index contributed by atoms with van der Waals surface area (Å²) >= 11 is 0. The molecule has 2 heterocycles. The molecule has 0 unspecified atom stereocenters. The largest absolute Gasteiger partial charge is 0.457 e. The van der Waals surface area contributed by atoms with Crippen LogP contribution < -0.4 is 14.4 Å². The fourth-order valence-corrected chi connectivity index (χ4v) is 12.9. The second kappa shape index (κ2) is 14.3. The van der Waals surface area contributed by atoms with E-state index in [1.165, 1.54) is 55.3 Å². The number of anilines is 3. The molecule has 0 atom stereocenters. The highest BCUT2D eigenvalue weighted by atomic mass is 16.5. The van der Waals surface area contributed by atoms with Crippen molar-refractivity contribution >= 4 is 27.8 Å². The van der Waals surface area contributed by atoms with Crippen molar-refractivity contribution in [2.24, 2.45) is 0 Å². The maximum atomic E-state index is 6.75. The molecule has 0 fully saturated rings. The topological polar surface area (TPSA) is 21.7 Å². The van der Waals surface area contributed by atoms with Crippen molar-refractivity contribution in [2.75, 3.05) is 4.90 Å². The number of ether oxygens (including phenoxy) is 2. The molecule has 11 aromatic rings. The van der Waals surface area contributed by atoms with Gasteiger partial charge in [0.2, 0.25) is 0 Å². The highest BCUT2D eigenvalue weighted by molar-refractivity contribution is 6.12. The SMILES string of the molecule is c1ccc(-c2ccccc2N(c2cccc3c2-c2ccccc2C32c3ccccc3Oc3ccccc32)c2cccc3c4c(ccc23)C2(c3ccccc3Oc3ccccc32)c2ccccc2-4)cc1. The van der Waals surface area contributed by atoms with Crippen LogP contribution in [0.5, 0.6) is 23.0 Å². The van der Waals surface area contributed by atoms with E-state index < -0.39 is 10.8 Å². The molecule has 0 saturated carbocycles. The van der Waals surface area contributed by atoms with Crippen molar-refractivity contribution in [1.82, 2.24) is 0 Å². The molecule has 4 aliphatic rings. The molecule has 2 spiro atoms. The Balaban J connectivity index is 1.05. The Morgan fingerprint density at radius 3 is 1.23 bits per heavy atom. The summed E-state index contributed by atoms with van der Waals surface area (Å²) in [5.41, 5.74) is 19.0. The van der Waals surface area contributed by atoms with Gasteiger partial charge >= 0.3 is 0 Å². The third kappa shape index (κ3) is 4.96. The van der Waals surface area contributed by atoms with Gasteiger partial charge in [0.05, 0.1) is 27.9 Å². The zero-order valence-electron chi connectivity index (χ0n) is 37.4. The van der Waals surface area contributed by atoms with Crippen LogP contribution in [-0.2, 0) is 10.8 Å². The molecule has 0 bridgehead atoms. The van der Waals surface area contributed by atoms with E-state index in [-0.39, 0.29) is 0 Å². The maximum absolute atomic E-state index is 6.75. The molecule has 0 aromatic heterocycles. The van der Waals surface area contributed by atoms with Crippen LogP contribution in [0, 0.1) is 0 Å². The van der Waals surface area contributed by atoms with E-state index in [2.05, 4.69) is 254 Å². The van der Waals surface area contributed by atoms with Crippen molar-refractivity contribution in [3.8, 4) is 56.4 Å². The van der Waals surface area contributed by atoms with Gasteiger partial charge in [0.25, 0.3) is 0 Å². The van der Waals surface area contributed by atoms with E-state index in [0.29, 0.717) is 0 Å². The average Bonchev–Trinajstić information content (AvgIpc) is 3.88. The Morgan fingerprint density at radius 1 is 0.246 bits per heavy atom. The standard InChI is InChI=1S/C66H41NO2/c1-2-20-42(21-3-1)43-22-6-13-33-56(43)67(58-35-19-32-54-64(58)47-24-5-8-27-49(47)65(54)50-28-9-14-36-59(50)68-60-37-15-10-29-51(60)65)57-34-18-25-45-44(57)40-41-55-63(45)46-23-4-7-26-48(46)66(55)52-30-11-16-38-61(52)69-62-39-17-12-31-53(62)66/h1-41H. The molecule has 69 heavy (non-hydrogen) atoms. The third-order valence-electron chi connectivity index (χ3n) is 15.4. The third-order valence-corrected chi connectivity index (χ3v) is 15.4. The molecular weight excluding hydrogens is 839 g/mol. The predicted molar refractivity (Wildman–Crippen MR) is 279 cm³/mol. The van der Waals surface area contributed by atoms with Crippen LogP contribution in [0.3, 0.4) is 0 Å². The zero-order valence-corrected chi connectivity index (χ0v) is 37.4. The van der Waals surface area contributed by atoms with Gasteiger partial charge in [-0.2, -0.15) is 0 Å². The highest BCUT2D eigenvalue weighted by Gasteiger charge is 2.53. The van der Waals surface area contributed by atoms with Crippen LogP contribution in [0.1, 0.15) is 44.5 Å². The van der Waals surface area contributed by atoms with Crippen LogP contribution >= 0.6 is 0 Å². The van der Waals surface area contributed by atoms with E-state index in [4.69, 9.17) is 9.47 Å². The minimum absolute atomic E-state index is 0.574. The van der Waals surface area contributed by atoms with Crippen LogP contribution in [0.15, 0.2) is 249 Å². The molecule has 0 N–H and O–H groups in total. The van der Waals surface area contributed by atoms with Gasteiger partial charge in [-0.05, 0) is 92.4 Å². The minimum atomic E-state index is -0.619. The fourth-order valence-electron chi connectivity index (χ4n) is 12.9. The summed E-state index contributed by atoms with van der Waals surface area (Å²) in [5, 5.41) is 2.37. The van der Waals surface area contributed by atoms with Gasteiger partial charge in [0.1, 0.15) is 23.0 Å². The lowest BCUT2D eigenvalue weighted by molar-refractivity contribution is 0.436. The average molecular weight is 880 g/mol. The van der Waals surface area contributed by atoms with Gasteiger partial charge in [-0.1, -0.05) is 206 Å². The lowest BCUT2D eigenvalue weighted by Crippen LogP contribution is -2.32. The van der Waals surface area contributed by atoms with Gasteiger partial charge in [-0.3, -0.25) is 0 Å². The molecule has 0 radical (unpaired) electrons. The van der Waals surface area contributed by atoms with Crippen molar-refractivity contribution in [2.45, 2.75) is 10.8 Å². The number of fused-ring (bicyclic) bond motifs is 20. The zero-order chi connectivity index (χ0) is 45.3. The van der Waals surface area contributed by atoms with Crippen LogP contribution in [0.2, 0.25) is 0 Å². The molecule has 15 rings (SSSR count). The number of rotatable bonds is 4. The van der Waals surface area contributed by atoms with Crippen molar-refractivity contribution < 1.29 is 9.47 Å². The molecule has 3 heteroatoms. The summed E-state index contributed by atoms with van der Waals surface area (Å²) < 4.78 is 13.5. The smallest absolute Gasteiger partial charge is 0.132 e. The number of hydrogen-bond donors (Lipinski definition) is 0. The van der Waals surface area contributed by atoms with E-state index in [1.807, 2.05) is 0 Å². The normalized spacial score (nSPS) is 14.3. The Labute approximate surface area is 400 Å². The second-order valence-electron chi connectivity index (χ2n) is 18.6. The van der Waals surface area contributed by atoms with E-state index >= 15 is 0 Å². The first-order valence-electron chi connectivity index (χ1n) is 23.8. The van der Waals surface area contributed by atoms with Gasteiger partial charge in [-0.25, -0.2) is 0 Å². The van der Waals surface area contributed by atoms with Crippen molar-refractivity contribution in [3.63, 3.8) is 0 Å². The molecule has 322 valence electrons. The van der Waals surface area contributed by atoms with E-state index in [9.17, 15) is 0 Å². The number of benzene rings is 11. The minimum Gasteiger partial charge on any atom is -0.457 e. The summed E-state index contributed by atoms with van der Waals surface area (Å²) in [4.78, 5) is 2.55. The number of nitrogens with zero attached hydrogens (tertiary/aromatic N) is 1. The van der Waals surface area contributed by atoms with Crippen LogP contribution in [0.25, 0.3) is 44.2 Å². The fraction of sp³-hybridized carbons (Fsp3) is 0.0303. The molecular formula is C66H41NO2. The van der Waals surface area contributed by atoms with Crippen LogP contribution in [-0.4, -0.2) is 0 Å². The first kappa shape index (κ1) is 38.2.